The van der Waals surface area contributed by atoms with Crippen molar-refractivity contribution in [2.45, 2.75) is 32.8 Å². The zero-order chi connectivity index (χ0) is 12.2. The average Bonchev–Trinajstić information content (AvgIpc) is 2.48. The molecule has 0 saturated heterocycles. The molecule has 92 valence electrons. The van der Waals surface area contributed by atoms with Gasteiger partial charge in [0.2, 0.25) is 0 Å². The van der Waals surface area contributed by atoms with E-state index in [1.807, 2.05) is 0 Å². The molecule has 0 aliphatic rings. The first-order valence-electron chi connectivity index (χ1n) is 5.55. The molecule has 1 aromatic heterocycles. The highest BCUT2D eigenvalue weighted by molar-refractivity contribution is 4.89. The third-order valence-corrected chi connectivity index (χ3v) is 2.15. The van der Waals surface area contributed by atoms with E-state index in [1.165, 1.54) is 4.80 Å². The van der Waals surface area contributed by atoms with Gasteiger partial charge in [0.25, 0.3) is 0 Å². The summed E-state index contributed by atoms with van der Waals surface area (Å²) < 4.78 is 0. The number of aromatic nitrogens is 4. The van der Waals surface area contributed by atoms with E-state index in [1.54, 1.807) is 14.0 Å². The Labute approximate surface area is 96.0 Å². The Balaban J connectivity index is 2.39. The maximum absolute atomic E-state index is 10.1. The first-order chi connectivity index (χ1) is 7.39. The molecule has 1 unspecified atom stereocenters. The quantitative estimate of drug-likeness (QED) is 0.701. The van der Waals surface area contributed by atoms with E-state index in [-0.39, 0.29) is 0 Å². The molecule has 1 heterocycles. The minimum atomic E-state index is -0.835. The van der Waals surface area contributed by atoms with Crippen molar-refractivity contribution in [2.24, 2.45) is 13.0 Å². The molecule has 2 N–H and O–H groups in total. The number of aliphatic hydroxyl groups is 1. The lowest BCUT2D eigenvalue weighted by Crippen LogP contribution is -2.41. The summed E-state index contributed by atoms with van der Waals surface area (Å²) >= 11 is 0. The molecule has 16 heavy (non-hydrogen) atoms. The van der Waals surface area contributed by atoms with Crippen molar-refractivity contribution >= 4 is 0 Å². The number of nitrogens with one attached hydrogen (secondary N) is 1. The van der Waals surface area contributed by atoms with Crippen LogP contribution in [0.15, 0.2) is 0 Å². The Bertz CT molecular complexity index is 321. The smallest absolute Gasteiger partial charge is 0.177 e. The molecule has 1 aromatic rings. The third-order valence-electron chi connectivity index (χ3n) is 2.15. The van der Waals surface area contributed by atoms with Gasteiger partial charge in [0.05, 0.1) is 12.6 Å². The van der Waals surface area contributed by atoms with Crippen LogP contribution in [-0.4, -0.2) is 44.0 Å². The largest absolute Gasteiger partial charge is 0.388 e. The number of tetrazole rings is 1. The predicted octanol–water partition coefficient (Wildman–Crippen LogP) is -0.251. The van der Waals surface area contributed by atoms with Crippen LogP contribution in [0.25, 0.3) is 0 Å². The first kappa shape index (κ1) is 13.1. The third kappa shape index (κ3) is 4.67. The van der Waals surface area contributed by atoms with E-state index in [4.69, 9.17) is 0 Å². The number of rotatable bonds is 6. The van der Waals surface area contributed by atoms with Gasteiger partial charge >= 0.3 is 0 Å². The SMILES string of the molecule is CC(C)CNCC(C)(O)Cc1nnn(C)n1. The number of hydrogen-bond donors (Lipinski definition) is 2. The molecule has 6 heteroatoms. The van der Waals surface area contributed by atoms with Crippen molar-refractivity contribution in [3.8, 4) is 0 Å². The predicted molar refractivity (Wildman–Crippen MR) is 60.8 cm³/mol. The minimum Gasteiger partial charge on any atom is -0.388 e. The van der Waals surface area contributed by atoms with Crippen molar-refractivity contribution in [3.05, 3.63) is 5.82 Å². The molecule has 0 radical (unpaired) electrons. The van der Waals surface area contributed by atoms with Crippen LogP contribution < -0.4 is 5.32 Å². The monoisotopic (exact) mass is 227 g/mol. The van der Waals surface area contributed by atoms with Crippen LogP contribution in [-0.2, 0) is 13.5 Å². The Morgan fingerprint density at radius 2 is 2.19 bits per heavy atom. The molecule has 0 aliphatic heterocycles. The molecular weight excluding hydrogens is 206 g/mol. The zero-order valence-electron chi connectivity index (χ0n) is 10.4. The van der Waals surface area contributed by atoms with Gasteiger partial charge in [-0.25, -0.2) is 0 Å². The van der Waals surface area contributed by atoms with Gasteiger partial charge in [-0.15, -0.1) is 10.2 Å². The maximum atomic E-state index is 10.1. The van der Waals surface area contributed by atoms with Crippen molar-refractivity contribution in [2.75, 3.05) is 13.1 Å². The lowest BCUT2D eigenvalue weighted by atomic mass is 10.0. The molecule has 0 fully saturated rings. The fourth-order valence-electron chi connectivity index (χ4n) is 1.43. The molecule has 1 atom stereocenters. The Morgan fingerprint density at radius 3 is 2.69 bits per heavy atom. The van der Waals surface area contributed by atoms with E-state index >= 15 is 0 Å². The molecule has 0 amide bonds. The summed E-state index contributed by atoms with van der Waals surface area (Å²) in [5.74, 6) is 1.14. The Hall–Kier alpha value is -1.01. The lowest BCUT2D eigenvalue weighted by Gasteiger charge is -2.22. The van der Waals surface area contributed by atoms with E-state index in [0.29, 0.717) is 24.7 Å². The Kier molecular flexibility index (Phi) is 4.37. The van der Waals surface area contributed by atoms with Crippen molar-refractivity contribution in [3.63, 3.8) is 0 Å². The fraction of sp³-hybridized carbons (Fsp3) is 0.900. The van der Waals surface area contributed by atoms with Crippen LogP contribution in [0, 0.1) is 5.92 Å². The molecule has 0 bridgehead atoms. The second kappa shape index (κ2) is 5.36. The second-order valence-corrected chi connectivity index (χ2v) is 4.89. The van der Waals surface area contributed by atoms with Gasteiger partial charge in [0.1, 0.15) is 0 Å². The molecule has 0 aliphatic carbocycles. The van der Waals surface area contributed by atoms with E-state index in [9.17, 15) is 5.11 Å². The van der Waals surface area contributed by atoms with Crippen LogP contribution >= 0.6 is 0 Å². The average molecular weight is 227 g/mol. The fourth-order valence-corrected chi connectivity index (χ4v) is 1.43. The summed E-state index contributed by atoms with van der Waals surface area (Å²) in [4.78, 5) is 1.40. The molecule has 0 saturated carbocycles. The highest BCUT2D eigenvalue weighted by atomic mass is 16.3. The zero-order valence-corrected chi connectivity index (χ0v) is 10.4. The summed E-state index contributed by atoms with van der Waals surface area (Å²) in [5.41, 5.74) is -0.835. The van der Waals surface area contributed by atoms with Gasteiger partial charge in [-0.1, -0.05) is 13.8 Å². The van der Waals surface area contributed by atoms with E-state index < -0.39 is 5.60 Å². The maximum Gasteiger partial charge on any atom is 0.177 e. The summed E-state index contributed by atoms with van der Waals surface area (Å²) in [5, 5.41) is 25.0. The highest BCUT2D eigenvalue weighted by Gasteiger charge is 2.23. The number of nitrogens with zero attached hydrogens (tertiary/aromatic N) is 4. The standard InChI is InChI=1S/C10H21N5O/c1-8(2)6-11-7-10(3,16)5-9-12-14-15(4)13-9/h8,11,16H,5-7H2,1-4H3. The normalized spacial score (nSPS) is 15.4. The topological polar surface area (TPSA) is 75.9 Å². The van der Waals surface area contributed by atoms with Crippen LogP contribution in [0.5, 0.6) is 0 Å². The van der Waals surface area contributed by atoms with Crippen molar-refractivity contribution in [1.82, 2.24) is 25.5 Å². The van der Waals surface area contributed by atoms with Gasteiger partial charge in [0, 0.05) is 13.0 Å². The molecule has 0 spiro atoms. The molecule has 1 rings (SSSR count). The second-order valence-electron chi connectivity index (χ2n) is 4.89. The first-order valence-corrected chi connectivity index (χ1v) is 5.55. The van der Waals surface area contributed by atoms with E-state index in [0.717, 1.165) is 6.54 Å². The number of hydrogen-bond acceptors (Lipinski definition) is 5. The summed E-state index contributed by atoms with van der Waals surface area (Å²) in [7, 11) is 1.71. The van der Waals surface area contributed by atoms with Gasteiger partial charge < -0.3 is 10.4 Å². The van der Waals surface area contributed by atoms with Crippen molar-refractivity contribution < 1.29 is 5.11 Å². The van der Waals surface area contributed by atoms with Gasteiger partial charge in [-0.3, -0.25) is 0 Å². The van der Waals surface area contributed by atoms with Gasteiger partial charge in [-0.2, -0.15) is 4.80 Å². The summed E-state index contributed by atoms with van der Waals surface area (Å²) in [6.45, 7) is 7.46. The number of aryl methyl sites for hydroxylation is 1. The Morgan fingerprint density at radius 1 is 1.50 bits per heavy atom. The lowest BCUT2D eigenvalue weighted by molar-refractivity contribution is 0.0575. The van der Waals surface area contributed by atoms with Gasteiger partial charge in [0.15, 0.2) is 5.82 Å². The van der Waals surface area contributed by atoms with Crippen molar-refractivity contribution in [1.29, 1.82) is 0 Å². The van der Waals surface area contributed by atoms with Crippen LogP contribution in [0.1, 0.15) is 26.6 Å². The van der Waals surface area contributed by atoms with Crippen LogP contribution in [0.4, 0.5) is 0 Å². The highest BCUT2D eigenvalue weighted by Crippen LogP contribution is 2.08. The minimum absolute atomic E-state index is 0.409. The van der Waals surface area contributed by atoms with Crippen LogP contribution in [0.2, 0.25) is 0 Å². The van der Waals surface area contributed by atoms with Crippen LogP contribution in [0.3, 0.4) is 0 Å². The molecular formula is C10H21N5O. The summed E-state index contributed by atoms with van der Waals surface area (Å²) in [6.07, 6.45) is 0.409. The molecule has 6 nitrogen and oxygen atoms in total. The summed E-state index contributed by atoms with van der Waals surface area (Å²) in [6, 6.07) is 0. The molecule has 0 aromatic carbocycles. The van der Waals surface area contributed by atoms with E-state index in [2.05, 4.69) is 34.6 Å². The van der Waals surface area contributed by atoms with Gasteiger partial charge in [-0.05, 0) is 24.6 Å².